The van der Waals surface area contributed by atoms with Crippen molar-refractivity contribution in [1.29, 1.82) is 0 Å². The number of halogens is 4. The summed E-state index contributed by atoms with van der Waals surface area (Å²) in [4.78, 5) is 11.4. The molecular formula is C30H21F4N3O4. The van der Waals surface area contributed by atoms with Crippen LogP contribution in [-0.4, -0.2) is 25.9 Å². The molecule has 208 valence electrons. The van der Waals surface area contributed by atoms with Crippen molar-refractivity contribution >= 4 is 28.2 Å². The van der Waals surface area contributed by atoms with Crippen molar-refractivity contribution in [3.05, 3.63) is 101 Å². The van der Waals surface area contributed by atoms with Crippen LogP contribution < -0.4 is 0 Å². The van der Waals surface area contributed by atoms with Gasteiger partial charge in [-0.1, -0.05) is 43.3 Å². The molecule has 3 N–H and O–H groups in total. The summed E-state index contributed by atoms with van der Waals surface area (Å²) in [6.07, 6.45) is -4.15. The van der Waals surface area contributed by atoms with E-state index < -0.39 is 40.5 Å². The van der Waals surface area contributed by atoms with Crippen molar-refractivity contribution in [3.63, 3.8) is 0 Å². The van der Waals surface area contributed by atoms with Gasteiger partial charge in [-0.2, -0.15) is 13.2 Å². The van der Waals surface area contributed by atoms with Crippen LogP contribution in [-0.2, 0) is 12.6 Å². The minimum atomic E-state index is -4.85. The number of aromatic carboxylic acids is 1. The van der Waals surface area contributed by atoms with Crippen LogP contribution in [0, 0.1) is 5.82 Å². The van der Waals surface area contributed by atoms with Crippen molar-refractivity contribution in [2.24, 2.45) is 10.2 Å². The Kier molecular flexibility index (Phi) is 6.96. The van der Waals surface area contributed by atoms with Crippen LogP contribution in [0.2, 0.25) is 0 Å². The third-order valence-corrected chi connectivity index (χ3v) is 6.59. The summed E-state index contributed by atoms with van der Waals surface area (Å²) in [5.41, 5.74) is -0.267. The van der Waals surface area contributed by atoms with Gasteiger partial charge in [-0.15, -0.1) is 10.2 Å². The summed E-state index contributed by atoms with van der Waals surface area (Å²) in [7, 11) is 0. The van der Waals surface area contributed by atoms with E-state index in [1.165, 1.54) is 36.4 Å². The number of benzene rings is 4. The molecule has 1 heterocycles. The fourth-order valence-electron chi connectivity index (χ4n) is 4.50. The number of carbonyl (C=O) groups is 1. The van der Waals surface area contributed by atoms with Gasteiger partial charge in [-0.3, -0.25) is 4.57 Å². The number of phenolic OH excluding ortho intramolecular Hbond substituents is 1. The zero-order valence-electron chi connectivity index (χ0n) is 21.3. The summed E-state index contributed by atoms with van der Waals surface area (Å²) in [5.74, 6) is -3.46. The molecule has 0 atom stereocenters. The molecule has 7 nitrogen and oxygen atoms in total. The summed E-state index contributed by atoms with van der Waals surface area (Å²) in [5, 5.41) is 38.8. The molecule has 0 amide bonds. The Hall–Kier alpha value is -5.19. The Morgan fingerprint density at radius 3 is 2.29 bits per heavy atom. The van der Waals surface area contributed by atoms with Gasteiger partial charge in [0.05, 0.1) is 22.0 Å². The molecule has 5 aromatic rings. The van der Waals surface area contributed by atoms with Gasteiger partial charge >= 0.3 is 12.1 Å². The highest BCUT2D eigenvalue weighted by Crippen LogP contribution is 2.46. The third-order valence-electron chi connectivity index (χ3n) is 6.59. The van der Waals surface area contributed by atoms with Crippen molar-refractivity contribution in [2.75, 3.05) is 0 Å². The third kappa shape index (κ3) is 5.09. The first kappa shape index (κ1) is 27.4. The minimum absolute atomic E-state index is 0.00710. The van der Waals surface area contributed by atoms with Gasteiger partial charge in [0.15, 0.2) is 11.4 Å². The predicted molar refractivity (Wildman–Crippen MR) is 144 cm³/mol. The molecule has 0 bridgehead atoms. The van der Waals surface area contributed by atoms with Crippen molar-refractivity contribution in [2.45, 2.75) is 19.5 Å². The van der Waals surface area contributed by atoms with Crippen molar-refractivity contribution < 1.29 is 37.7 Å². The van der Waals surface area contributed by atoms with E-state index in [-0.39, 0.29) is 33.8 Å². The first-order valence-corrected chi connectivity index (χ1v) is 12.3. The number of phenols is 1. The lowest BCUT2D eigenvalue weighted by Gasteiger charge is -2.10. The second kappa shape index (κ2) is 10.4. The number of carboxylic acids is 1. The van der Waals surface area contributed by atoms with Gasteiger partial charge in [-0.25, -0.2) is 9.18 Å². The number of carboxylic acid groups (broad SMARTS) is 1. The van der Waals surface area contributed by atoms with Crippen molar-refractivity contribution in [3.8, 4) is 28.4 Å². The number of fused-ring (bicyclic) bond motifs is 1. The predicted octanol–water partition coefficient (Wildman–Crippen LogP) is 8.54. The molecule has 0 radical (unpaired) electrons. The number of aromatic nitrogens is 1. The van der Waals surface area contributed by atoms with Crippen LogP contribution in [0.5, 0.6) is 11.6 Å². The maximum atomic E-state index is 15.2. The Morgan fingerprint density at radius 1 is 0.927 bits per heavy atom. The normalized spacial score (nSPS) is 11.9. The highest BCUT2D eigenvalue weighted by atomic mass is 19.4. The van der Waals surface area contributed by atoms with E-state index in [9.17, 15) is 33.3 Å². The van der Waals surface area contributed by atoms with Gasteiger partial charge in [0.2, 0.25) is 5.88 Å². The van der Waals surface area contributed by atoms with Gasteiger partial charge in [-0.05, 0) is 60.0 Å². The van der Waals surface area contributed by atoms with E-state index in [0.717, 1.165) is 16.2 Å². The molecule has 5 rings (SSSR count). The quantitative estimate of drug-likeness (QED) is 0.142. The van der Waals surface area contributed by atoms with E-state index >= 15 is 4.39 Å². The summed E-state index contributed by atoms with van der Waals surface area (Å²) >= 11 is 0. The molecule has 0 aliphatic heterocycles. The molecule has 0 saturated heterocycles. The van der Waals surface area contributed by atoms with E-state index in [0.29, 0.717) is 18.1 Å². The molecule has 4 aromatic carbocycles. The molecule has 0 aliphatic carbocycles. The molecule has 0 aliphatic rings. The lowest BCUT2D eigenvalue weighted by molar-refractivity contribution is -0.137. The number of para-hydroxylation sites is 1. The van der Waals surface area contributed by atoms with Gasteiger partial charge < -0.3 is 15.3 Å². The maximum Gasteiger partial charge on any atom is 0.416 e. The highest BCUT2D eigenvalue weighted by molar-refractivity contribution is 5.97. The minimum Gasteiger partial charge on any atom is -0.505 e. The summed E-state index contributed by atoms with van der Waals surface area (Å²) in [6.45, 7) is 1.92. The molecule has 41 heavy (non-hydrogen) atoms. The average molecular weight is 564 g/mol. The first-order valence-electron chi connectivity index (χ1n) is 12.3. The standard InChI is InChI=1S/C30H21F4N3O4/c1-2-16-9-11-20(12-10-16)37-24-15-19(30(32,33)34)14-22(31)25(24)26(28(37)39)36-35-23-8-4-7-21(27(23)38)17-5-3-6-18(13-17)29(40)41/h3-15,38-39H,2H2,1H3,(H,40,41). The van der Waals surface area contributed by atoms with E-state index in [4.69, 9.17) is 0 Å². The second-order valence-corrected chi connectivity index (χ2v) is 9.14. The second-order valence-electron chi connectivity index (χ2n) is 9.14. The Balaban J connectivity index is 1.67. The SMILES string of the molecule is CCc1ccc(-n2c(O)c(N=Nc3cccc(-c4cccc(C(=O)O)c4)c3O)c3c(F)cc(C(F)(F)F)cc32)cc1. The van der Waals surface area contributed by atoms with Gasteiger partial charge in [0.1, 0.15) is 11.5 Å². The fraction of sp³-hybridized carbons (Fsp3) is 0.100. The molecule has 11 heteroatoms. The molecule has 0 fully saturated rings. The van der Waals surface area contributed by atoms with Crippen LogP contribution in [0.4, 0.5) is 28.9 Å². The molecule has 0 spiro atoms. The van der Waals surface area contributed by atoms with E-state index in [2.05, 4.69) is 10.2 Å². The number of azo groups is 1. The number of nitrogens with zero attached hydrogens (tertiary/aromatic N) is 3. The zero-order valence-corrected chi connectivity index (χ0v) is 21.3. The largest absolute Gasteiger partial charge is 0.505 e. The Bertz CT molecular complexity index is 1830. The van der Waals surface area contributed by atoms with Gasteiger partial charge in [0, 0.05) is 11.3 Å². The molecular weight excluding hydrogens is 542 g/mol. The van der Waals surface area contributed by atoms with Crippen molar-refractivity contribution in [1.82, 2.24) is 4.57 Å². The zero-order chi connectivity index (χ0) is 29.5. The topological polar surface area (TPSA) is 107 Å². The van der Waals surface area contributed by atoms with Crippen LogP contribution in [0.1, 0.15) is 28.4 Å². The molecule has 0 saturated carbocycles. The summed E-state index contributed by atoms with van der Waals surface area (Å²) < 4.78 is 57.0. The smallest absolute Gasteiger partial charge is 0.416 e. The number of alkyl halides is 3. The van der Waals surface area contributed by atoms with Crippen LogP contribution in [0.3, 0.4) is 0 Å². The van der Waals surface area contributed by atoms with Gasteiger partial charge in [0.25, 0.3) is 0 Å². The molecule has 0 unspecified atom stereocenters. The number of rotatable bonds is 6. The van der Waals surface area contributed by atoms with Crippen LogP contribution >= 0.6 is 0 Å². The number of aromatic hydroxyl groups is 2. The van der Waals surface area contributed by atoms with E-state index in [1.54, 1.807) is 30.3 Å². The number of hydrogen-bond donors (Lipinski definition) is 3. The average Bonchev–Trinajstić information content (AvgIpc) is 3.23. The number of hydrogen-bond acceptors (Lipinski definition) is 5. The lowest BCUT2D eigenvalue weighted by Crippen LogP contribution is -2.06. The fourth-order valence-corrected chi connectivity index (χ4v) is 4.50. The maximum absolute atomic E-state index is 15.2. The van der Waals surface area contributed by atoms with Crippen LogP contribution in [0.15, 0.2) is 89.1 Å². The Labute approximate surface area is 230 Å². The number of aryl methyl sites for hydroxylation is 1. The van der Waals surface area contributed by atoms with E-state index in [1.807, 2.05) is 6.92 Å². The molecule has 1 aromatic heterocycles. The lowest BCUT2D eigenvalue weighted by atomic mass is 10.0. The monoisotopic (exact) mass is 563 g/mol. The first-order chi connectivity index (χ1) is 19.5. The summed E-state index contributed by atoms with van der Waals surface area (Å²) in [6, 6.07) is 17.9. The Morgan fingerprint density at radius 2 is 1.63 bits per heavy atom. The highest BCUT2D eigenvalue weighted by Gasteiger charge is 2.33. The van der Waals surface area contributed by atoms with Crippen LogP contribution in [0.25, 0.3) is 27.7 Å².